The zero-order valence-electron chi connectivity index (χ0n) is 10.3. The van der Waals surface area contributed by atoms with E-state index in [-0.39, 0.29) is 5.56 Å². The van der Waals surface area contributed by atoms with Gasteiger partial charge in [0.05, 0.1) is 11.3 Å². The molecule has 19 heavy (non-hydrogen) atoms. The summed E-state index contributed by atoms with van der Waals surface area (Å²) in [5.74, 6) is 0.348. The molecule has 2 aromatic rings. The number of carbonyl (C=O) groups is 1. The molecule has 0 aliphatic rings. The highest BCUT2D eigenvalue weighted by atomic mass is 79.9. The monoisotopic (exact) mass is 320 g/mol. The molecule has 0 aromatic heterocycles. The number of ether oxygens (including phenoxy) is 1. The Morgan fingerprint density at radius 1 is 1.26 bits per heavy atom. The summed E-state index contributed by atoms with van der Waals surface area (Å²) in [6, 6.07) is 10.5. The number of halogens is 1. The fraction of sp³-hybridized carbons (Fsp3) is 0.0714. The van der Waals surface area contributed by atoms with Crippen molar-refractivity contribution in [1.29, 1.82) is 0 Å². The lowest BCUT2D eigenvalue weighted by Gasteiger charge is -2.13. The van der Waals surface area contributed by atoms with Crippen LogP contribution in [0.15, 0.2) is 40.9 Å². The second-order valence-corrected chi connectivity index (χ2v) is 5.02. The molecule has 0 atom stereocenters. The van der Waals surface area contributed by atoms with E-state index in [0.29, 0.717) is 17.2 Å². The third kappa shape index (κ3) is 2.88. The van der Waals surface area contributed by atoms with E-state index in [9.17, 15) is 4.79 Å². The van der Waals surface area contributed by atoms with E-state index in [2.05, 4.69) is 15.9 Å². The first kappa shape index (κ1) is 13.4. The molecule has 4 N–H and O–H groups in total. The van der Waals surface area contributed by atoms with E-state index in [1.54, 1.807) is 24.3 Å². The molecule has 98 valence electrons. The van der Waals surface area contributed by atoms with Gasteiger partial charge in [-0.3, -0.25) is 4.79 Å². The first-order valence-corrected chi connectivity index (χ1v) is 6.40. The molecule has 0 unspecified atom stereocenters. The standard InChI is InChI=1S/C14H13BrN2O2/c1-8-7-9(15)5-6-12(8)19-13-10(14(17)18)3-2-4-11(13)16/h2-7H,16H2,1H3,(H2,17,18). The van der Waals surface area contributed by atoms with Gasteiger partial charge in [0.2, 0.25) is 0 Å². The van der Waals surface area contributed by atoms with E-state index in [1.165, 1.54) is 0 Å². The van der Waals surface area contributed by atoms with Crippen molar-refractivity contribution < 1.29 is 9.53 Å². The van der Waals surface area contributed by atoms with Gasteiger partial charge in [0, 0.05) is 4.47 Å². The lowest BCUT2D eigenvalue weighted by Crippen LogP contribution is -2.13. The number of aryl methyl sites for hydroxylation is 1. The highest BCUT2D eigenvalue weighted by Crippen LogP contribution is 2.33. The van der Waals surface area contributed by atoms with Crippen LogP contribution in [0.2, 0.25) is 0 Å². The lowest BCUT2D eigenvalue weighted by atomic mass is 10.1. The van der Waals surface area contributed by atoms with Crippen molar-refractivity contribution >= 4 is 27.5 Å². The van der Waals surface area contributed by atoms with Gasteiger partial charge in [0.25, 0.3) is 5.91 Å². The van der Waals surface area contributed by atoms with Gasteiger partial charge in [-0.1, -0.05) is 22.0 Å². The third-order valence-corrected chi connectivity index (χ3v) is 3.15. The normalized spacial score (nSPS) is 10.2. The topological polar surface area (TPSA) is 78.3 Å². The first-order valence-electron chi connectivity index (χ1n) is 5.61. The lowest BCUT2D eigenvalue weighted by molar-refractivity contribution is 0.0998. The SMILES string of the molecule is Cc1cc(Br)ccc1Oc1c(N)cccc1C(N)=O. The summed E-state index contributed by atoms with van der Waals surface area (Å²) in [6.45, 7) is 1.91. The number of primary amides is 1. The van der Waals surface area contributed by atoms with Crippen LogP contribution in [-0.4, -0.2) is 5.91 Å². The smallest absolute Gasteiger partial charge is 0.252 e. The van der Waals surface area contributed by atoms with Crippen LogP contribution in [0.4, 0.5) is 5.69 Å². The minimum Gasteiger partial charge on any atom is -0.454 e. The molecule has 0 saturated heterocycles. The number of nitrogen functional groups attached to an aromatic ring is 1. The van der Waals surface area contributed by atoms with Crippen molar-refractivity contribution in [3.8, 4) is 11.5 Å². The maximum Gasteiger partial charge on any atom is 0.252 e. The predicted molar refractivity (Wildman–Crippen MR) is 78.3 cm³/mol. The number of hydrogen-bond donors (Lipinski definition) is 2. The van der Waals surface area contributed by atoms with Gasteiger partial charge < -0.3 is 16.2 Å². The van der Waals surface area contributed by atoms with Crippen LogP contribution >= 0.6 is 15.9 Å². The Balaban J connectivity index is 2.46. The molecule has 2 rings (SSSR count). The number of hydrogen-bond acceptors (Lipinski definition) is 3. The summed E-state index contributed by atoms with van der Waals surface area (Å²) in [5, 5.41) is 0. The molecule has 1 amide bonds. The Morgan fingerprint density at radius 2 is 2.00 bits per heavy atom. The molecule has 2 aromatic carbocycles. The van der Waals surface area contributed by atoms with Crippen molar-refractivity contribution in [2.75, 3.05) is 5.73 Å². The molecule has 0 aliphatic heterocycles. The van der Waals surface area contributed by atoms with Crippen LogP contribution in [0.3, 0.4) is 0 Å². The summed E-state index contributed by atoms with van der Waals surface area (Å²) in [6.07, 6.45) is 0. The van der Waals surface area contributed by atoms with Gasteiger partial charge in [-0.2, -0.15) is 0 Å². The maximum atomic E-state index is 11.4. The van der Waals surface area contributed by atoms with E-state index in [0.717, 1.165) is 10.0 Å². The second kappa shape index (κ2) is 5.32. The van der Waals surface area contributed by atoms with Gasteiger partial charge >= 0.3 is 0 Å². The minimum atomic E-state index is -0.572. The Morgan fingerprint density at radius 3 is 2.63 bits per heavy atom. The third-order valence-electron chi connectivity index (χ3n) is 2.66. The average Bonchev–Trinajstić information content (AvgIpc) is 2.34. The quantitative estimate of drug-likeness (QED) is 0.852. The van der Waals surface area contributed by atoms with Gasteiger partial charge in [0.15, 0.2) is 5.75 Å². The van der Waals surface area contributed by atoms with Crippen LogP contribution in [0.5, 0.6) is 11.5 Å². The minimum absolute atomic E-state index is 0.266. The molecular weight excluding hydrogens is 308 g/mol. The number of rotatable bonds is 3. The molecular formula is C14H13BrN2O2. The van der Waals surface area contributed by atoms with Crippen molar-refractivity contribution in [3.63, 3.8) is 0 Å². The largest absolute Gasteiger partial charge is 0.454 e. The molecule has 5 heteroatoms. The first-order chi connectivity index (χ1) is 8.99. The Labute approximate surface area is 119 Å². The van der Waals surface area contributed by atoms with Crippen LogP contribution in [0, 0.1) is 6.92 Å². The summed E-state index contributed by atoms with van der Waals surface area (Å²) in [5.41, 5.74) is 12.7. The van der Waals surface area contributed by atoms with Crippen LogP contribution in [0.1, 0.15) is 15.9 Å². The van der Waals surface area contributed by atoms with Crippen molar-refractivity contribution in [2.24, 2.45) is 5.73 Å². The van der Waals surface area contributed by atoms with E-state index < -0.39 is 5.91 Å². The Kier molecular flexibility index (Phi) is 3.76. The van der Waals surface area contributed by atoms with Crippen molar-refractivity contribution in [2.45, 2.75) is 6.92 Å². The number of para-hydroxylation sites is 1. The number of anilines is 1. The predicted octanol–water partition coefficient (Wildman–Crippen LogP) is 3.23. The summed E-state index contributed by atoms with van der Waals surface area (Å²) < 4.78 is 6.69. The highest BCUT2D eigenvalue weighted by Gasteiger charge is 2.14. The molecule has 0 aliphatic carbocycles. The number of amides is 1. The Hall–Kier alpha value is -2.01. The van der Waals surface area contributed by atoms with Gasteiger partial charge in [-0.05, 0) is 42.8 Å². The maximum absolute atomic E-state index is 11.4. The van der Waals surface area contributed by atoms with Gasteiger partial charge in [-0.25, -0.2) is 0 Å². The molecule has 0 bridgehead atoms. The average molecular weight is 321 g/mol. The fourth-order valence-corrected chi connectivity index (χ4v) is 2.18. The number of nitrogens with two attached hydrogens (primary N) is 2. The van der Waals surface area contributed by atoms with Gasteiger partial charge in [-0.15, -0.1) is 0 Å². The Bertz CT molecular complexity index is 641. The second-order valence-electron chi connectivity index (χ2n) is 4.10. The van der Waals surface area contributed by atoms with E-state index in [1.807, 2.05) is 19.1 Å². The molecule has 0 heterocycles. The van der Waals surface area contributed by atoms with Crippen LogP contribution in [-0.2, 0) is 0 Å². The van der Waals surface area contributed by atoms with Gasteiger partial charge in [0.1, 0.15) is 5.75 Å². The summed E-state index contributed by atoms with van der Waals surface area (Å²) >= 11 is 3.38. The number of benzene rings is 2. The van der Waals surface area contributed by atoms with Crippen molar-refractivity contribution in [3.05, 3.63) is 52.0 Å². The van der Waals surface area contributed by atoms with E-state index in [4.69, 9.17) is 16.2 Å². The van der Waals surface area contributed by atoms with E-state index >= 15 is 0 Å². The van der Waals surface area contributed by atoms with Crippen LogP contribution in [0.25, 0.3) is 0 Å². The molecule has 0 saturated carbocycles. The zero-order valence-corrected chi connectivity index (χ0v) is 11.9. The summed E-state index contributed by atoms with van der Waals surface area (Å²) in [7, 11) is 0. The molecule has 0 spiro atoms. The summed E-state index contributed by atoms with van der Waals surface area (Å²) in [4.78, 5) is 11.4. The molecule has 0 radical (unpaired) electrons. The number of carbonyl (C=O) groups excluding carboxylic acids is 1. The molecule has 4 nitrogen and oxygen atoms in total. The highest BCUT2D eigenvalue weighted by molar-refractivity contribution is 9.10. The van der Waals surface area contributed by atoms with Crippen LogP contribution < -0.4 is 16.2 Å². The molecule has 0 fully saturated rings. The zero-order chi connectivity index (χ0) is 14.0. The fourth-order valence-electron chi connectivity index (χ4n) is 1.70. The van der Waals surface area contributed by atoms with Crippen molar-refractivity contribution in [1.82, 2.24) is 0 Å².